The molecule has 1 aliphatic rings. The number of carbonyl (C=O) groups is 2. The number of hydrogen-bond acceptors (Lipinski definition) is 3. The molecule has 2 N–H and O–H groups in total. The standard InChI is InChI=1S/C22H27N3O2/c1-15-6-7-18(21(23)26)13-20(15)16-8-10-17(11-9-16)22(27)25-12-4-5-19(14-25)24(2)3/h6-11,13,19H,4-5,12,14H2,1-3H3,(H2,23,26)/t19-/m0/s1. The summed E-state index contributed by atoms with van der Waals surface area (Å²) in [5.74, 6) is -0.362. The first-order chi connectivity index (χ1) is 12.9. The molecule has 3 rings (SSSR count). The van der Waals surface area contributed by atoms with Crippen LogP contribution < -0.4 is 5.73 Å². The number of aryl methyl sites for hydroxylation is 1. The molecular formula is C22H27N3O2. The Kier molecular flexibility index (Phi) is 5.61. The van der Waals surface area contributed by atoms with Crippen LogP contribution in [0.1, 0.15) is 39.1 Å². The van der Waals surface area contributed by atoms with Crippen LogP contribution in [0.3, 0.4) is 0 Å². The Morgan fingerprint density at radius 1 is 1.07 bits per heavy atom. The number of carbonyl (C=O) groups excluding carboxylic acids is 2. The van der Waals surface area contributed by atoms with E-state index in [1.165, 1.54) is 0 Å². The molecular weight excluding hydrogens is 338 g/mol. The van der Waals surface area contributed by atoms with Gasteiger partial charge in [-0.3, -0.25) is 9.59 Å². The second kappa shape index (κ2) is 7.92. The highest BCUT2D eigenvalue weighted by Gasteiger charge is 2.25. The molecule has 1 atom stereocenters. The summed E-state index contributed by atoms with van der Waals surface area (Å²) in [6, 6.07) is 13.5. The van der Waals surface area contributed by atoms with Crippen molar-refractivity contribution in [2.24, 2.45) is 5.73 Å². The van der Waals surface area contributed by atoms with Crippen molar-refractivity contribution >= 4 is 11.8 Å². The van der Waals surface area contributed by atoms with Crippen molar-refractivity contribution in [3.63, 3.8) is 0 Å². The first kappa shape index (κ1) is 19.1. The van der Waals surface area contributed by atoms with Gasteiger partial charge in [-0.25, -0.2) is 0 Å². The van der Waals surface area contributed by atoms with Gasteiger partial charge in [0.2, 0.25) is 5.91 Å². The lowest BCUT2D eigenvalue weighted by atomic mass is 9.96. The number of piperidine rings is 1. The summed E-state index contributed by atoms with van der Waals surface area (Å²) in [7, 11) is 4.13. The zero-order valence-electron chi connectivity index (χ0n) is 16.2. The molecule has 5 nitrogen and oxygen atoms in total. The molecule has 2 amide bonds. The predicted octanol–water partition coefficient (Wildman–Crippen LogP) is 2.93. The van der Waals surface area contributed by atoms with Crippen LogP contribution in [-0.4, -0.2) is 54.8 Å². The highest BCUT2D eigenvalue weighted by molar-refractivity contribution is 5.96. The zero-order valence-corrected chi connectivity index (χ0v) is 16.2. The SMILES string of the molecule is Cc1ccc(C(N)=O)cc1-c1ccc(C(=O)N2CCC[C@H](N(C)C)C2)cc1. The number of amides is 2. The van der Waals surface area contributed by atoms with E-state index in [1.54, 1.807) is 12.1 Å². The minimum atomic E-state index is -0.441. The maximum Gasteiger partial charge on any atom is 0.253 e. The number of rotatable bonds is 4. The van der Waals surface area contributed by atoms with Gasteiger partial charge in [0.15, 0.2) is 0 Å². The molecule has 0 radical (unpaired) electrons. The van der Waals surface area contributed by atoms with Gasteiger partial charge < -0.3 is 15.5 Å². The average molecular weight is 365 g/mol. The Hall–Kier alpha value is -2.66. The van der Waals surface area contributed by atoms with Gasteiger partial charge in [0, 0.05) is 30.3 Å². The van der Waals surface area contributed by atoms with E-state index in [2.05, 4.69) is 19.0 Å². The molecule has 0 aliphatic carbocycles. The number of hydrogen-bond donors (Lipinski definition) is 1. The lowest BCUT2D eigenvalue weighted by Crippen LogP contribution is -2.47. The second-order valence-corrected chi connectivity index (χ2v) is 7.48. The first-order valence-corrected chi connectivity index (χ1v) is 9.33. The van der Waals surface area contributed by atoms with Crippen LogP contribution in [-0.2, 0) is 0 Å². The maximum atomic E-state index is 12.9. The van der Waals surface area contributed by atoms with Gasteiger partial charge in [0.05, 0.1) is 0 Å². The molecule has 2 aromatic carbocycles. The fourth-order valence-corrected chi connectivity index (χ4v) is 3.62. The van der Waals surface area contributed by atoms with Gasteiger partial charge in [0.1, 0.15) is 0 Å². The summed E-state index contributed by atoms with van der Waals surface area (Å²) in [4.78, 5) is 28.5. The van der Waals surface area contributed by atoms with Gasteiger partial charge in [0.25, 0.3) is 5.91 Å². The molecule has 0 unspecified atom stereocenters. The number of likely N-dealkylation sites (N-methyl/N-ethyl adjacent to an activating group) is 1. The molecule has 27 heavy (non-hydrogen) atoms. The third-order valence-electron chi connectivity index (χ3n) is 5.38. The van der Waals surface area contributed by atoms with E-state index in [4.69, 9.17) is 5.73 Å². The van der Waals surface area contributed by atoms with E-state index in [0.29, 0.717) is 17.2 Å². The van der Waals surface area contributed by atoms with Crippen LogP contribution in [0.15, 0.2) is 42.5 Å². The first-order valence-electron chi connectivity index (χ1n) is 9.33. The van der Waals surface area contributed by atoms with Crippen molar-refractivity contribution in [1.29, 1.82) is 0 Å². The fourth-order valence-electron chi connectivity index (χ4n) is 3.62. The summed E-state index contributed by atoms with van der Waals surface area (Å²) in [5, 5.41) is 0. The van der Waals surface area contributed by atoms with Crippen molar-refractivity contribution in [2.75, 3.05) is 27.2 Å². The van der Waals surface area contributed by atoms with Crippen molar-refractivity contribution < 1.29 is 9.59 Å². The van der Waals surface area contributed by atoms with Crippen molar-refractivity contribution in [3.8, 4) is 11.1 Å². The van der Waals surface area contributed by atoms with Gasteiger partial charge in [-0.1, -0.05) is 18.2 Å². The van der Waals surface area contributed by atoms with E-state index in [1.807, 2.05) is 42.2 Å². The zero-order chi connectivity index (χ0) is 19.6. The Labute approximate surface area is 160 Å². The van der Waals surface area contributed by atoms with E-state index in [9.17, 15) is 9.59 Å². The highest BCUT2D eigenvalue weighted by atomic mass is 16.2. The van der Waals surface area contributed by atoms with Gasteiger partial charge in [-0.15, -0.1) is 0 Å². The summed E-state index contributed by atoms with van der Waals surface area (Å²) in [6.45, 7) is 3.58. The largest absolute Gasteiger partial charge is 0.366 e. The number of primary amides is 1. The molecule has 1 aliphatic heterocycles. The molecule has 2 aromatic rings. The van der Waals surface area contributed by atoms with Crippen LogP contribution >= 0.6 is 0 Å². The van der Waals surface area contributed by atoms with Crippen LogP contribution in [0, 0.1) is 6.92 Å². The molecule has 0 aromatic heterocycles. The van der Waals surface area contributed by atoms with E-state index >= 15 is 0 Å². The van der Waals surface area contributed by atoms with E-state index in [0.717, 1.165) is 42.6 Å². The average Bonchev–Trinajstić information content (AvgIpc) is 2.68. The van der Waals surface area contributed by atoms with Crippen LogP contribution in [0.25, 0.3) is 11.1 Å². The third-order valence-corrected chi connectivity index (χ3v) is 5.38. The molecule has 142 valence electrons. The quantitative estimate of drug-likeness (QED) is 0.906. The fraction of sp³-hybridized carbons (Fsp3) is 0.364. The van der Waals surface area contributed by atoms with Gasteiger partial charge >= 0.3 is 0 Å². The highest BCUT2D eigenvalue weighted by Crippen LogP contribution is 2.26. The summed E-state index contributed by atoms with van der Waals surface area (Å²) in [6.07, 6.45) is 2.16. The van der Waals surface area contributed by atoms with Crippen molar-refractivity contribution in [3.05, 3.63) is 59.2 Å². The topological polar surface area (TPSA) is 66.6 Å². The van der Waals surface area contributed by atoms with Crippen molar-refractivity contribution in [2.45, 2.75) is 25.8 Å². The number of benzene rings is 2. The number of nitrogens with zero attached hydrogens (tertiary/aromatic N) is 2. The summed E-state index contributed by atoms with van der Waals surface area (Å²) in [5.41, 5.74) is 9.56. The van der Waals surface area contributed by atoms with Gasteiger partial charge in [-0.2, -0.15) is 0 Å². The second-order valence-electron chi connectivity index (χ2n) is 7.48. The Morgan fingerprint density at radius 2 is 1.74 bits per heavy atom. The summed E-state index contributed by atoms with van der Waals surface area (Å²) >= 11 is 0. The van der Waals surface area contributed by atoms with Gasteiger partial charge in [-0.05, 0) is 74.8 Å². The van der Waals surface area contributed by atoms with Crippen LogP contribution in [0.4, 0.5) is 0 Å². The smallest absolute Gasteiger partial charge is 0.253 e. The predicted molar refractivity (Wildman–Crippen MR) is 108 cm³/mol. The molecule has 0 bridgehead atoms. The monoisotopic (exact) mass is 365 g/mol. The molecule has 1 heterocycles. The minimum absolute atomic E-state index is 0.0794. The summed E-state index contributed by atoms with van der Waals surface area (Å²) < 4.78 is 0. The molecule has 0 saturated carbocycles. The van der Waals surface area contributed by atoms with E-state index in [-0.39, 0.29) is 5.91 Å². The number of likely N-dealkylation sites (tertiary alicyclic amines) is 1. The molecule has 0 spiro atoms. The Balaban J connectivity index is 1.80. The lowest BCUT2D eigenvalue weighted by Gasteiger charge is -2.36. The normalized spacial score (nSPS) is 17.2. The van der Waals surface area contributed by atoms with Crippen molar-refractivity contribution in [1.82, 2.24) is 9.80 Å². The molecule has 1 fully saturated rings. The molecule has 1 saturated heterocycles. The Bertz CT molecular complexity index is 843. The Morgan fingerprint density at radius 3 is 2.37 bits per heavy atom. The third kappa shape index (κ3) is 4.19. The van der Waals surface area contributed by atoms with E-state index < -0.39 is 5.91 Å². The lowest BCUT2D eigenvalue weighted by molar-refractivity contribution is 0.0635. The number of nitrogens with two attached hydrogens (primary N) is 1. The molecule has 5 heteroatoms. The van der Waals surface area contributed by atoms with Crippen LogP contribution in [0.5, 0.6) is 0 Å². The maximum absolute atomic E-state index is 12.9. The van der Waals surface area contributed by atoms with Crippen LogP contribution in [0.2, 0.25) is 0 Å². The minimum Gasteiger partial charge on any atom is -0.366 e.